The zero-order valence-electron chi connectivity index (χ0n) is 25.9. The minimum atomic E-state index is -6.75. The van der Waals surface area contributed by atoms with Crippen molar-refractivity contribution in [1.29, 1.82) is 0 Å². The van der Waals surface area contributed by atoms with Crippen molar-refractivity contribution in [2.75, 3.05) is 31.8 Å². The summed E-state index contributed by atoms with van der Waals surface area (Å²) >= 11 is 0. The van der Waals surface area contributed by atoms with Crippen LogP contribution in [0.15, 0.2) is 18.2 Å². The Labute approximate surface area is 275 Å². The van der Waals surface area contributed by atoms with Crippen molar-refractivity contribution in [3.8, 4) is 5.75 Å². The minimum Gasteiger partial charge on any atom is -0.410 e. The first kappa shape index (κ1) is 36.8. The molecule has 0 aromatic heterocycles. The summed E-state index contributed by atoms with van der Waals surface area (Å²) < 4.78 is 133. The fraction of sp³-hybridized carbons (Fsp3) is 0.774. The number of carbonyl (C=O) groups excluding carboxylic acids is 1. The number of amides is 1. The molecule has 1 heterocycles. The average molecular weight is 724 g/mol. The van der Waals surface area contributed by atoms with Crippen molar-refractivity contribution in [2.24, 2.45) is 17.3 Å². The molecule has 0 bridgehead atoms. The molecule has 1 aromatic rings. The molecule has 4 aliphatic rings. The largest absolute Gasteiger partial charge is 0.435 e. The van der Waals surface area contributed by atoms with E-state index in [1.165, 1.54) is 5.56 Å². The first-order valence-corrected chi connectivity index (χ1v) is 18.2. The molecule has 0 radical (unpaired) electrons. The smallest absolute Gasteiger partial charge is 0.410 e. The van der Waals surface area contributed by atoms with Crippen LogP contribution in [0.4, 0.5) is 44.3 Å². The SMILES string of the molecule is CN(C(=O)Oc1ccc2c(c1)CCC1C2CCC2(C)C(OCCCOC(C(F)(F)F)(C(F)(F)F)C(F)(F)F)CCC12)C1CCSSC1. The van der Waals surface area contributed by atoms with Crippen LogP contribution in [0.3, 0.4) is 0 Å². The van der Waals surface area contributed by atoms with Gasteiger partial charge in [-0.05, 0) is 97.8 Å². The summed E-state index contributed by atoms with van der Waals surface area (Å²) in [7, 11) is 5.31. The lowest BCUT2D eigenvalue weighted by atomic mass is 9.55. The Morgan fingerprint density at radius 3 is 2.28 bits per heavy atom. The van der Waals surface area contributed by atoms with Gasteiger partial charge in [-0.1, -0.05) is 34.6 Å². The van der Waals surface area contributed by atoms with E-state index < -0.39 is 37.2 Å². The zero-order valence-corrected chi connectivity index (χ0v) is 27.5. The maximum Gasteiger partial charge on any atom is 0.435 e. The summed E-state index contributed by atoms with van der Waals surface area (Å²) in [6.45, 7) is 0.324. The second kappa shape index (κ2) is 13.7. The van der Waals surface area contributed by atoms with Crippen molar-refractivity contribution < 1.29 is 58.5 Å². The van der Waals surface area contributed by atoms with Gasteiger partial charge in [0.25, 0.3) is 0 Å². The van der Waals surface area contributed by atoms with Crippen LogP contribution in [0, 0.1) is 17.3 Å². The van der Waals surface area contributed by atoms with E-state index in [0.717, 1.165) is 55.6 Å². The summed E-state index contributed by atoms with van der Waals surface area (Å²) in [5.74, 6) is 3.24. The molecule has 1 aliphatic heterocycles. The molecule has 3 fully saturated rings. The van der Waals surface area contributed by atoms with Crippen molar-refractivity contribution in [1.82, 2.24) is 4.90 Å². The van der Waals surface area contributed by atoms with Gasteiger partial charge in [0.05, 0.1) is 12.7 Å². The van der Waals surface area contributed by atoms with E-state index in [1.807, 2.05) is 18.2 Å². The Morgan fingerprint density at radius 2 is 1.64 bits per heavy atom. The third-order valence-electron chi connectivity index (χ3n) is 10.7. The Hall–Kier alpha value is -1.52. The van der Waals surface area contributed by atoms with E-state index in [1.54, 1.807) is 33.5 Å². The first-order chi connectivity index (χ1) is 21.9. The lowest BCUT2D eigenvalue weighted by Crippen LogP contribution is -2.67. The summed E-state index contributed by atoms with van der Waals surface area (Å²) in [4.78, 5) is 14.5. The molecule has 5 rings (SSSR count). The van der Waals surface area contributed by atoms with E-state index in [-0.39, 0.29) is 42.1 Å². The van der Waals surface area contributed by atoms with Crippen LogP contribution in [0.1, 0.15) is 68.9 Å². The van der Waals surface area contributed by atoms with Crippen LogP contribution in [-0.2, 0) is 15.9 Å². The van der Waals surface area contributed by atoms with Gasteiger partial charge in [-0.15, -0.1) is 0 Å². The predicted molar refractivity (Wildman–Crippen MR) is 159 cm³/mol. The normalized spacial score (nSPS) is 29.9. The molecule has 266 valence electrons. The molecular formula is C31H38F9NO4S2. The number of hydrogen-bond donors (Lipinski definition) is 0. The maximum atomic E-state index is 13.1. The van der Waals surface area contributed by atoms with Gasteiger partial charge in [0, 0.05) is 31.2 Å². The lowest BCUT2D eigenvalue weighted by molar-refractivity contribution is -0.457. The van der Waals surface area contributed by atoms with Gasteiger partial charge < -0.3 is 19.1 Å². The summed E-state index contributed by atoms with van der Waals surface area (Å²) in [5, 5.41) is 0. The van der Waals surface area contributed by atoms with Crippen LogP contribution < -0.4 is 4.74 Å². The fourth-order valence-corrected chi connectivity index (χ4v) is 10.7. The van der Waals surface area contributed by atoms with Gasteiger partial charge in [-0.3, -0.25) is 0 Å². The number of carbonyl (C=O) groups is 1. The highest BCUT2D eigenvalue weighted by Crippen LogP contribution is 2.62. The summed E-state index contributed by atoms with van der Waals surface area (Å²) in [6.07, 6.45) is -15.8. The Balaban J connectivity index is 1.16. The molecule has 2 saturated carbocycles. The molecule has 5 nitrogen and oxygen atoms in total. The Bertz CT molecular complexity index is 1230. The number of halogens is 9. The Kier molecular flexibility index (Phi) is 10.7. The van der Waals surface area contributed by atoms with E-state index >= 15 is 0 Å². The highest BCUT2D eigenvalue weighted by Gasteiger charge is 2.85. The van der Waals surface area contributed by atoms with E-state index in [0.29, 0.717) is 18.1 Å². The van der Waals surface area contributed by atoms with Gasteiger partial charge >= 0.3 is 30.2 Å². The molecule has 47 heavy (non-hydrogen) atoms. The average Bonchev–Trinajstić information content (AvgIpc) is 3.32. The molecule has 0 N–H and O–H groups in total. The number of alkyl halides is 9. The standard InChI is InChI=1S/C31H38F9NO4S2/c1-27-12-10-22-21-7-5-20(45-26(42)41(2)19-11-15-46-47-17-19)16-18(21)4-6-23(22)24(27)8-9-25(27)43-13-3-14-44-28(29(32,33)34,30(35,36)37)31(38,39)40/h5,7,16,19,22-25H,3-4,6,8-15,17H2,1-2H3. The van der Waals surface area contributed by atoms with Crippen molar-refractivity contribution >= 4 is 27.7 Å². The second-order valence-corrected chi connectivity index (χ2v) is 15.8. The number of rotatable bonds is 8. The molecular weight excluding hydrogens is 685 g/mol. The van der Waals surface area contributed by atoms with Crippen molar-refractivity contribution in [2.45, 2.75) is 100 Å². The number of benzene rings is 1. The molecule has 1 amide bonds. The highest BCUT2D eigenvalue weighted by molar-refractivity contribution is 8.76. The molecule has 1 aromatic carbocycles. The third kappa shape index (κ3) is 6.95. The number of nitrogens with zero attached hydrogens (tertiary/aromatic N) is 1. The first-order valence-electron chi connectivity index (χ1n) is 15.7. The molecule has 0 spiro atoms. The lowest BCUT2D eigenvalue weighted by Gasteiger charge is -2.50. The predicted octanol–water partition coefficient (Wildman–Crippen LogP) is 9.34. The number of fused-ring (bicyclic) bond motifs is 5. The molecule has 3 aliphatic carbocycles. The van der Waals surface area contributed by atoms with E-state index in [9.17, 15) is 44.3 Å². The van der Waals surface area contributed by atoms with E-state index in [2.05, 4.69) is 11.7 Å². The van der Waals surface area contributed by atoms with E-state index in [4.69, 9.17) is 9.47 Å². The zero-order chi connectivity index (χ0) is 34.4. The van der Waals surface area contributed by atoms with Crippen molar-refractivity contribution in [3.63, 3.8) is 0 Å². The molecule has 1 saturated heterocycles. The second-order valence-electron chi connectivity index (χ2n) is 13.2. The van der Waals surface area contributed by atoms with Gasteiger partial charge in [0.2, 0.25) is 0 Å². The number of hydrogen-bond acceptors (Lipinski definition) is 6. The van der Waals surface area contributed by atoms with Crippen LogP contribution in [-0.4, -0.2) is 79.0 Å². The van der Waals surface area contributed by atoms with Gasteiger partial charge in [-0.2, -0.15) is 39.5 Å². The number of aryl methyl sites for hydroxylation is 1. The molecule has 16 heteroatoms. The summed E-state index contributed by atoms with van der Waals surface area (Å²) in [5.41, 5.74) is -4.19. The van der Waals surface area contributed by atoms with Crippen LogP contribution in [0.2, 0.25) is 0 Å². The van der Waals surface area contributed by atoms with Gasteiger partial charge in [0.1, 0.15) is 5.75 Å². The van der Waals surface area contributed by atoms with Crippen LogP contribution in [0.25, 0.3) is 0 Å². The van der Waals surface area contributed by atoms with Gasteiger partial charge in [0.15, 0.2) is 0 Å². The van der Waals surface area contributed by atoms with Gasteiger partial charge in [-0.25, -0.2) is 4.79 Å². The number of ether oxygens (including phenoxy) is 3. The van der Waals surface area contributed by atoms with Crippen LogP contribution >= 0.6 is 21.6 Å². The van der Waals surface area contributed by atoms with Crippen molar-refractivity contribution in [3.05, 3.63) is 29.3 Å². The minimum absolute atomic E-state index is 0.133. The quantitative estimate of drug-likeness (QED) is 0.151. The fourth-order valence-electron chi connectivity index (χ4n) is 8.17. The van der Waals surface area contributed by atoms with Crippen LogP contribution in [0.5, 0.6) is 5.75 Å². The Morgan fingerprint density at radius 1 is 0.936 bits per heavy atom. The maximum absolute atomic E-state index is 13.1. The highest BCUT2D eigenvalue weighted by atomic mass is 33.1. The third-order valence-corrected chi connectivity index (χ3v) is 13.2. The monoisotopic (exact) mass is 723 g/mol. The summed E-state index contributed by atoms with van der Waals surface area (Å²) in [6, 6.07) is 5.95. The topological polar surface area (TPSA) is 48.0 Å². The molecule has 6 unspecified atom stereocenters. The molecule has 6 atom stereocenters.